The molecule has 2 aliphatic rings. The Bertz CT molecular complexity index is 236. The smallest absolute Gasteiger partial charge is 0.213 e. The second-order valence-electron chi connectivity index (χ2n) is 3.35. The van der Waals surface area contributed by atoms with Crippen LogP contribution in [0.3, 0.4) is 0 Å². The molecule has 0 spiro atoms. The highest BCUT2D eigenvalue weighted by Crippen LogP contribution is 2.15. The summed E-state index contributed by atoms with van der Waals surface area (Å²) in [6.07, 6.45) is 2.10. The molecule has 1 fully saturated rings. The van der Waals surface area contributed by atoms with Gasteiger partial charge in [-0.05, 0) is 12.8 Å². The zero-order chi connectivity index (χ0) is 9.26. The standard InChI is InChI=1S/C8H13N3O2/c12-6-11-5-9-7(8(11)13)10-3-1-2-4-10/h6,8,13H,1-5H2. The van der Waals surface area contributed by atoms with Gasteiger partial charge in [0.2, 0.25) is 6.41 Å². The van der Waals surface area contributed by atoms with Gasteiger partial charge < -0.3 is 10.0 Å². The van der Waals surface area contributed by atoms with Crippen LogP contribution in [0.25, 0.3) is 0 Å². The predicted octanol–water partition coefficient (Wildman–Crippen LogP) is -0.771. The van der Waals surface area contributed by atoms with E-state index in [-0.39, 0.29) is 6.67 Å². The van der Waals surface area contributed by atoms with Gasteiger partial charge in [0.25, 0.3) is 0 Å². The van der Waals surface area contributed by atoms with Gasteiger partial charge in [0, 0.05) is 13.1 Å². The molecule has 2 heterocycles. The summed E-state index contributed by atoms with van der Waals surface area (Å²) in [5, 5.41) is 9.63. The molecule has 1 N–H and O–H groups in total. The van der Waals surface area contributed by atoms with Crippen LogP contribution in [0.15, 0.2) is 4.99 Å². The molecule has 0 aromatic rings. The van der Waals surface area contributed by atoms with Crippen LogP contribution < -0.4 is 0 Å². The molecular formula is C8H13N3O2. The van der Waals surface area contributed by atoms with Crippen molar-refractivity contribution < 1.29 is 9.90 Å². The van der Waals surface area contributed by atoms with Crippen LogP contribution in [-0.2, 0) is 4.79 Å². The Morgan fingerprint density at radius 1 is 1.46 bits per heavy atom. The lowest BCUT2D eigenvalue weighted by atomic mass is 10.4. The molecule has 0 radical (unpaired) electrons. The normalized spacial score (nSPS) is 28.1. The van der Waals surface area contributed by atoms with Crippen molar-refractivity contribution in [3.05, 3.63) is 0 Å². The first kappa shape index (κ1) is 8.50. The fraction of sp³-hybridized carbons (Fsp3) is 0.750. The van der Waals surface area contributed by atoms with E-state index in [1.54, 1.807) is 0 Å². The van der Waals surface area contributed by atoms with E-state index < -0.39 is 6.23 Å². The van der Waals surface area contributed by atoms with Crippen LogP contribution in [0.4, 0.5) is 0 Å². The van der Waals surface area contributed by atoms with Gasteiger partial charge in [-0.3, -0.25) is 9.69 Å². The Labute approximate surface area is 76.7 Å². The number of amidine groups is 1. The average Bonchev–Trinajstić information content (AvgIpc) is 2.72. The Morgan fingerprint density at radius 2 is 2.15 bits per heavy atom. The SMILES string of the molecule is O=CN1CN=C(N2CCCC2)C1O. The molecule has 0 bridgehead atoms. The Kier molecular flexibility index (Phi) is 2.18. The number of carbonyl (C=O) groups is 1. The average molecular weight is 183 g/mol. The molecule has 2 aliphatic heterocycles. The van der Waals surface area contributed by atoms with E-state index in [1.165, 1.54) is 4.90 Å². The van der Waals surface area contributed by atoms with Crippen LogP contribution in [0, 0.1) is 0 Å². The summed E-state index contributed by atoms with van der Waals surface area (Å²) >= 11 is 0. The predicted molar refractivity (Wildman–Crippen MR) is 47.0 cm³/mol. The number of hydrogen-bond donors (Lipinski definition) is 1. The van der Waals surface area contributed by atoms with Crippen molar-refractivity contribution >= 4 is 12.2 Å². The van der Waals surface area contributed by atoms with Crippen molar-refractivity contribution in [1.29, 1.82) is 0 Å². The number of rotatable bonds is 1. The maximum atomic E-state index is 10.5. The first-order chi connectivity index (χ1) is 6.33. The van der Waals surface area contributed by atoms with Crippen molar-refractivity contribution in [2.75, 3.05) is 19.8 Å². The number of likely N-dealkylation sites (tertiary alicyclic amines) is 1. The van der Waals surface area contributed by atoms with Crippen molar-refractivity contribution in [2.45, 2.75) is 19.1 Å². The fourth-order valence-corrected chi connectivity index (χ4v) is 1.76. The molecule has 13 heavy (non-hydrogen) atoms. The van der Waals surface area contributed by atoms with Gasteiger partial charge in [0.15, 0.2) is 12.1 Å². The van der Waals surface area contributed by atoms with Gasteiger partial charge in [-0.1, -0.05) is 0 Å². The van der Waals surface area contributed by atoms with E-state index in [0.29, 0.717) is 12.2 Å². The highest BCUT2D eigenvalue weighted by Gasteiger charge is 2.30. The molecule has 1 saturated heterocycles. The Morgan fingerprint density at radius 3 is 2.69 bits per heavy atom. The first-order valence-corrected chi connectivity index (χ1v) is 4.51. The lowest BCUT2D eigenvalue weighted by Crippen LogP contribution is -2.42. The third kappa shape index (κ3) is 1.39. The van der Waals surface area contributed by atoms with E-state index in [9.17, 15) is 9.90 Å². The van der Waals surface area contributed by atoms with Crippen LogP contribution >= 0.6 is 0 Å². The van der Waals surface area contributed by atoms with Gasteiger partial charge in [-0.15, -0.1) is 0 Å². The molecule has 1 unspecified atom stereocenters. The largest absolute Gasteiger partial charge is 0.367 e. The van der Waals surface area contributed by atoms with E-state index in [2.05, 4.69) is 4.99 Å². The summed E-state index contributed by atoms with van der Waals surface area (Å²) in [5.74, 6) is 0.657. The van der Waals surface area contributed by atoms with E-state index in [4.69, 9.17) is 0 Å². The van der Waals surface area contributed by atoms with Crippen LogP contribution in [0.2, 0.25) is 0 Å². The van der Waals surface area contributed by atoms with Crippen molar-refractivity contribution in [3.8, 4) is 0 Å². The molecular weight excluding hydrogens is 170 g/mol. The first-order valence-electron chi connectivity index (χ1n) is 4.51. The number of aliphatic hydroxyl groups is 1. The minimum absolute atomic E-state index is 0.288. The second-order valence-corrected chi connectivity index (χ2v) is 3.35. The number of nitrogens with zero attached hydrogens (tertiary/aromatic N) is 3. The van der Waals surface area contributed by atoms with Gasteiger partial charge in [-0.25, -0.2) is 4.99 Å². The molecule has 0 aromatic carbocycles. The highest BCUT2D eigenvalue weighted by atomic mass is 16.3. The monoisotopic (exact) mass is 183 g/mol. The van der Waals surface area contributed by atoms with Crippen molar-refractivity contribution in [2.24, 2.45) is 4.99 Å². The van der Waals surface area contributed by atoms with E-state index >= 15 is 0 Å². The summed E-state index contributed by atoms with van der Waals surface area (Å²) in [4.78, 5) is 17.9. The molecule has 0 saturated carbocycles. The van der Waals surface area contributed by atoms with E-state index in [0.717, 1.165) is 25.9 Å². The number of carbonyl (C=O) groups excluding carboxylic acids is 1. The highest BCUT2D eigenvalue weighted by molar-refractivity contribution is 5.89. The molecule has 5 nitrogen and oxygen atoms in total. The second kappa shape index (κ2) is 3.33. The van der Waals surface area contributed by atoms with Crippen LogP contribution in [0.5, 0.6) is 0 Å². The van der Waals surface area contributed by atoms with E-state index in [1.807, 2.05) is 4.90 Å². The number of aliphatic imine (C=N–C) groups is 1. The minimum Gasteiger partial charge on any atom is -0.367 e. The van der Waals surface area contributed by atoms with Crippen molar-refractivity contribution in [3.63, 3.8) is 0 Å². The third-order valence-electron chi connectivity index (χ3n) is 2.51. The topological polar surface area (TPSA) is 56.1 Å². The number of hydrogen-bond acceptors (Lipinski definition) is 4. The molecule has 1 atom stereocenters. The quantitative estimate of drug-likeness (QED) is 0.543. The molecule has 0 aliphatic carbocycles. The van der Waals surface area contributed by atoms with Gasteiger partial charge >= 0.3 is 0 Å². The van der Waals surface area contributed by atoms with Crippen LogP contribution in [0.1, 0.15) is 12.8 Å². The lowest BCUT2D eigenvalue weighted by molar-refractivity contribution is -0.122. The molecule has 72 valence electrons. The summed E-state index contributed by atoms with van der Waals surface area (Å²) in [6, 6.07) is 0. The maximum Gasteiger partial charge on any atom is 0.213 e. The van der Waals surface area contributed by atoms with Crippen molar-refractivity contribution in [1.82, 2.24) is 9.80 Å². The minimum atomic E-state index is -0.824. The summed E-state index contributed by atoms with van der Waals surface area (Å²) < 4.78 is 0. The zero-order valence-corrected chi connectivity index (χ0v) is 7.39. The van der Waals surface area contributed by atoms with Gasteiger partial charge in [-0.2, -0.15) is 0 Å². The van der Waals surface area contributed by atoms with Gasteiger partial charge in [0.05, 0.1) is 0 Å². The fourth-order valence-electron chi connectivity index (χ4n) is 1.76. The van der Waals surface area contributed by atoms with Gasteiger partial charge in [0.1, 0.15) is 6.67 Å². The number of aliphatic hydroxyl groups excluding tert-OH is 1. The molecule has 5 heteroatoms. The summed E-state index contributed by atoms with van der Waals surface area (Å²) in [7, 11) is 0. The third-order valence-corrected chi connectivity index (χ3v) is 2.51. The number of amides is 1. The summed E-state index contributed by atoms with van der Waals surface area (Å²) in [5.41, 5.74) is 0. The summed E-state index contributed by atoms with van der Waals surface area (Å²) in [6.45, 7) is 2.18. The maximum absolute atomic E-state index is 10.5. The Hall–Kier alpha value is -1.10. The molecule has 2 rings (SSSR count). The van der Waals surface area contributed by atoms with Crippen LogP contribution in [-0.4, -0.2) is 53.1 Å². The Balaban J connectivity index is 2.04. The molecule has 0 aromatic heterocycles. The zero-order valence-electron chi connectivity index (χ0n) is 7.39. The molecule has 1 amide bonds. The lowest BCUT2D eigenvalue weighted by Gasteiger charge is -2.22.